The van der Waals surface area contributed by atoms with Gasteiger partial charge in [0.15, 0.2) is 0 Å². The van der Waals surface area contributed by atoms with Crippen molar-refractivity contribution >= 4 is 27.5 Å². The number of carbonyl (C=O) groups is 1. The molecule has 1 saturated heterocycles. The molecule has 1 aromatic rings. The molecule has 2 rings (SSSR count). The smallest absolute Gasteiger partial charge is 0.353 e. The number of nitrogens with one attached hydrogen (secondary N) is 1. The van der Waals surface area contributed by atoms with E-state index in [0.29, 0.717) is 31.4 Å². The van der Waals surface area contributed by atoms with Gasteiger partial charge in [-0.1, -0.05) is 18.0 Å². The summed E-state index contributed by atoms with van der Waals surface area (Å²) in [6.07, 6.45) is -3.04. The average Bonchev–Trinajstić information content (AvgIpc) is 2.53. The third-order valence-electron chi connectivity index (χ3n) is 4.03. The van der Waals surface area contributed by atoms with Crippen molar-refractivity contribution in [3.63, 3.8) is 0 Å². The van der Waals surface area contributed by atoms with Gasteiger partial charge in [0.1, 0.15) is 10.9 Å². The normalized spacial score (nSPS) is 19.6. The zero-order chi connectivity index (χ0) is 19.7. The Morgan fingerprint density at radius 2 is 1.96 bits per heavy atom. The third-order valence-corrected chi connectivity index (χ3v) is 6.42. The molecule has 1 N–H and O–H groups in total. The molecule has 1 aliphatic heterocycles. The molecule has 5 nitrogen and oxygen atoms in total. The van der Waals surface area contributed by atoms with Crippen molar-refractivity contribution < 1.29 is 26.4 Å². The molecule has 1 amide bonds. The Bertz CT molecular complexity index is 781. The molecule has 1 heterocycles. The number of carbonyl (C=O) groups excluding carboxylic acids is 1. The van der Waals surface area contributed by atoms with Crippen LogP contribution in [0.3, 0.4) is 0 Å². The van der Waals surface area contributed by atoms with Crippen LogP contribution in [0.25, 0.3) is 0 Å². The summed E-state index contributed by atoms with van der Waals surface area (Å²) in [7, 11) is -4.21. The van der Waals surface area contributed by atoms with Gasteiger partial charge in [-0.05, 0) is 44.9 Å². The molecule has 0 aliphatic carbocycles. The highest BCUT2D eigenvalue weighted by atomic mass is 35.5. The molecule has 0 spiro atoms. The maximum atomic E-state index is 12.9. The lowest BCUT2D eigenvalue weighted by Crippen LogP contribution is -2.52. The second-order valence-corrected chi connectivity index (χ2v) is 8.70. The topological polar surface area (TPSA) is 66.5 Å². The Hall–Kier alpha value is -1.32. The molecule has 0 radical (unpaired) electrons. The van der Waals surface area contributed by atoms with Crippen LogP contribution in [0.2, 0.25) is 5.02 Å². The van der Waals surface area contributed by atoms with Gasteiger partial charge in [-0.3, -0.25) is 4.79 Å². The van der Waals surface area contributed by atoms with Gasteiger partial charge in [-0.25, -0.2) is 8.42 Å². The molecule has 10 heteroatoms. The van der Waals surface area contributed by atoms with Gasteiger partial charge in [-0.2, -0.15) is 17.5 Å². The molecule has 0 aromatic heterocycles. The molecule has 1 aliphatic rings. The van der Waals surface area contributed by atoms with Crippen molar-refractivity contribution in [3.8, 4) is 0 Å². The number of hydrogen-bond acceptors (Lipinski definition) is 3. The summed E-state index contributed by atoms with van der Waals surface area (Å²) >= 11 is 5.84. The fourth-order valence-electron chi connectivity index (χ4n) is 2.85. The lowest BCUT2D eigenvalue weighted by Gasteiger charge is -2.34. The lowest BCUT2D eigenvalue weighted by atomic mass is 10.0. The second-order valence-electron chi connectivity index (χ2n) is 6.43. The van der Waals surface area contributed by atoms with E-state index in [9.17, 15) is 26.4 Å². The van der Waals surface area contributed by atoms with Gasteiger partial charge < -0.3 is 5.32 Å². The van der Waals surface area contributed by atoms with E-state index in [-0.39, 0.29) is 12.6 Å². The summed E-state index contributed by atoms with van der Waals surface area (Å²) in [6.45, 7) is 3.62. The Labute approximate surface area is 155 Å². The largest absolute Gasteiger partial charge is 0.416 e. The fraction of sp³-hybridized carbons (Fsp3) is 0.562. The number of nitrogens with zero attached hydrogens (tertiary/aromatic N) is 1. The van der Waals surface area contributed by atoms with Gasteiger partial charge in [0.2, 0.25) is 15.9 Å². The van der Waals surface area contributed by atoms with Gasteiger partial charge in [-0.15, -0.1) is 0 Å². The maximum absolute atomic E-state index is 12.9. The van der Waals surface area contributed by atoms with Crippen molar-refractivity contribution in [2.24, 2.45) is 0 Å². The number of halogens is 4. The van der Waals surface area contributed by atoms with E-state index < -0.39 is 43.6 Å². The predicted octanol–water partition coefficient (Wildman–Crippen LogP) is 3.43. The molecular weight excluding hydrogens is 393 g/mol. The Morgan fingerprint density at radius 1 is 1.31 bits per heavy atom. The predicted molar refractivity (Wildman–Crippen MR) is 91.3 cm³/mol. The zero-order valence-electron chi connectivity index (χ0n) is 14.3. The van der Waals surface area contributed by atoms with E-state index in [1.807, 2.05) is 0 Å². The molecule has 26 heavy (non-hydrogen) atoms. The van der Waals surface area contributed by atoms with Gasteiger partial charge in [0.25, 0.3) is 0 Å². The molecule has 0 saturated carbocycles. The quantitative estimate of drug-likeness (QED) is 0.823. The van der Waals surface area contributed by atoms with Crippen LogP contribution in [-0.4, -0.2) is 37.3 Å². The van der Waals surface area contributed by atoms with Crippen LogP contribution in [0.15, 0.2) is 23.1 Å². The van der Waals surface area contributed by atoms with Crippen molar-refractivity contribution in [2.75, 3.05) is 6.54 Å². The van der Waals surface area contributed by atoms with Crippen LogP contribution < -0.4 is 5.32 Å². The minimum atomic E-state index is -4.63. The molecule has 1 aromatic carbocycles. The number of rotatable bonds is 4. The van der Waals surface area contributed by atoms with Crippen LogP contribution in [0.4, 0.5) is 13.2 Å². The Kier molecular flexibility index (Phi) is 6.24. The number of sulfonamides is 1. The van der Waals surface area contributed by atoms with Crippen molar-refractivity contribution in [2.45, 2.75) is 56.3 Å². The first-order valence-electron chi connectivity index (χ1n) is 8.13. The molecule has 1 fully saturated rings. The monoisotopic (exact) mass is 412 g/mol. The van der Waals surface area contributed by atoms with Gasteiger partial charge in [0, 0.05) is 12.6 Å². The highest BCUT2D eigenvalue weighted by Gasteiger charge is 2.39. The molecular formula is C16H20ClF3N2O3S. The van der Waals surface area contributed by atoms with Crippen LogP contribution in [-0.2, 0) is 21.0 Å². The number of alkyl halides is 3. The summed E-state index contributed by atoms with van der Waals surface area (Å²) in [4.78, 5) is 11.9. The van der Waals surface area contributed by atoms with E-state index in [2.05, 4.69) is 5.32 Å². The lowest BCUT2D eigenvalue weighted by molar-refractivity contribution is -0.137. The van der Waals surface area contributed by atoms with E-state index in [1.54, 1.807) is 13.8 Å². The van der Waals surface area contributed by atoms with Crippen molar-refractivity contribution in [3.05, 3.63) is 28.8 Å². The number of hydrogen-bond donors (Lipinski definition) is 1. The standard InChI is InChI=1S/C16H20ClF3N2O3S/c1-10(2)21-15(23)13-5-3-4-8-22(13)26(24,25)14-7-6-11(9-12(14)17)16(18,19)20/h6-7,9-10,13H,3-5,8H2,1-2H3,(H,21,23)/t13-/m1/s1. The zero-order valence-corrected chi connectivity index (χ0v) is 15.9. The number of benzene rings is 1. The highest BCUT2D eigenvalue weighted by Crippen LogP contribution is 2.35. The fourth-order valence-corrected chi connectivity index (χ4v) is 5.02. The van der Waals surface area contributed by atoms with E-state index in [4.69, 9.17) is 11.6 Å². The van der Waals surface area contributed by atoms with Crippen molar-refractivity contribution in [1.29, 1.82) is 0 Å². The first-order chi connectivity index (χ1) is 11.9. The second kappa shape index (κ2) is 7.74. The first-order valence-corrected chi connectivity index (χ1v) is 9.95. The number of amides is 1. The molecule has 1 atom stereocenters. The van der Waals surface area contributed by atoms with Gasteiger partial charge in [0.05, 0.1) is 10.6 Å². The van der Waals surface area contributed by atoms with Crippen LogP contribution in [0, 0.1) is 0 Å². The van der Waals surface area contributed by atoms with Gasteiger partial charge >= 0.3 is 6.18 Å². The summed E-state index contributed by atoms with van der Waals surface area (Å²) in [5.41, 5.74) is -1.03. The number of piperidine rings is 1. The minimum absolute atomic E-state index is 0.107. The SMILES string of the molecule is CC(C)NC(=O)[C@H]1CCCCN1S(=O)(=O)c1ccc(C(F)(F)F)cc1Cl. The van der Waals surface area contributed by atoms with Crippen LogP contribution >= 0.6 is 11.6 Å². The van der Waals surface area contributed by atoms with Crippen LogP contribution in [0.5, 0.6) is 0 Å². The summed E-state index contributed by atoms with van der Waals surface area (Å²) in [5, 5.41) is 2.16. The Balaban J connectivity index is 2.39. The maximum Gasteiger partial charge on any atom is 0.416 e. The molecule has 146 valence electrons. The van der Waals surface area contributed by atoms with Crippen LogP contribution in [0.1, 0.15) is 38.7 Å². The summed E-state index contributed by atoms with van der Waals surface area (Å²) in [5.74, 6) is -0.425. The molecule has 0 unspecified atom stereocenters. The average molecular weight is 413 g/mol. The summed E-state index contributed by atoms with van der Waals surface area (Å²) < 4.78 is 65.2. The van der Waals surface area contributed by atoms with E-state index in [0.717, 1.165) is 10.4 Å². The van der Waals surface area contributed by atoms with E-state index >= 15 is 0 Å². The Morgan fingerprint density at radius 3 is 2.50 bits per heavy atom. The van der Waals surface area contributed by atoms with Crippen molar-refractivity contribution in [1.82, 2.24) is 9.62 Å². The minimum Gasteiger partial charge on any atom is -0.353 e. The third kappa shape index (κ3) is 4.50. The molecule has 0 bridgehead atoms. The van der Waals surface area contributed by atoms with E-state index in [1.165, 1.54) is 0 Å². The highest BCUT2D eigenvalue weighted by molar-refractivity contribution is 7.89. The summed E-state index contributed by atoms with van der Waals surface area (Å²) in [6, 6.07) is 1.03. The first kappa shape index (κ1) is 21.0.